The minimum absolute atomic E-state index is 0. The standard InChI is InChI=1S/C10H14N2O.ClH/c1-2-13-9-5-3-8(4-6-9)7-10(11)12;/h3-6H,2,7H2,1H3,(H3,11,12);1H. The Labute approximate surface area is 90.2 Å². The zero-order valence-corrected chi connectivity index (χ0v) is 8.93. The van der Waals surface area contributed by atoms with Gasteiger partial charge in [-0.1, -0.05) is 12.1 Å². The van der Waals surface area contributed by atoms with Crippen LogP contribution in [0.5, 0.6) is 5.75 Å². The molecule has 0 aliphatic heterocycles. The smallest absolute Gasteiger partial charge is 0.119 e. The normalized spacial score (nSPS) is 8.93. The van der Waals surface area contributed by atoms with E-state index in [4.69, 9.17) is 15.9 Å². The summed E-state index contributed by atoms with van der Waals surface area (Å²) in [4.78, 5) is 0. The lowest BCUT2D eigenvalue weighted by molar-refractivity contribution is 0.340. The van der Waals surface area contributed by atoms with Gasteiger partial charge in [-0.2, -0.15) is 0 Å². The van der Waals surface area contributed by atoms with Crippen molar-refractivity contribution in [2.45, 2.75) is 13.3 Å². The molecule has 0 amide bonds. The highest BCUT2D eigenvalue weighted by Gasteiger charge is 1.95. The topological polar surface area (TPSA) is 59.1 Å². The number of nitrogens with two attached hydrogens (primary N) is 1. The van der Waals surface area contributed by atoms with E-state index in [-0.39, 0.29) is 18.2 Å². The summed E-state index contributed by atoms with van der Waals surface area (Å²) in [5.41, 5.74) is 6.31. The summed E-state index contributed by atoms with van der Waals surface area (Å²) < 4.78 is 5.28. The number of hydrogen-bond donors (Lipinski definition) is 2. The lowest BCUT2D eigenvalue weighted by Crippen LogP contribution is -2.12. The van der Waals surface area contributed by atoms with Crippen molar-refractivity contribution in [3.8, 4) is 5.75 Å². The molecule has 78 valence electrons. The first-order valence-corrected chi connectivity index (χ1v) is 4.27. The molecular formula is C10H15ClN2O. The van der Waals surface area contributed by atoms with Crippen molar-refractivity contribution in [2.75, 3.05) is 6.61 Å². The third kappa shape index (κ3) is 4.14. The van der Waals surface area contributed by atoms with Gasteiger partial charge in [-0.25, -0.2) is 0 Å². The highest BCUT2D eigenvalue weighted by molar-refractivity contribution is 5.85. The number of ether oxygens (including phenoxy) is 1. The molecule has 0 radical (unpaired) electrons. The van der Waals surface area contributed by atoms with Crippen molar-refractivity contribution < 1.29 is 4.74 Å². The predicted octanol–water partition coefficient (Wildman–Crippen LogP) is 1.99. The Morgan fingerprint density at radius 1 is 1.36 bits per heavy atom. The van der Waals surface area contributed by atoms with Crippen molar-refractivity contribution in [2.24, 2.45) is 5.73 Å². The Bertz CT molecular complexity index is 285. The van der Waals surface area contributed by atoms with Crippen LogP contribution in [0.25, 0.3) is 0 Å². The van der Waals surface area contributed by atoms with E-state index in [1.54, 1.807) is 0 Å². The van der Waals surface area contributed by atoms with E-state index in [2.05, 4.69) is 0 Å². The van der Waals surface area contributed by atoms with Gasteiger partial charge in [-0.15, -0.1) is 12.4 Å². The van der Waals surface area contributed by atoms with Crippen LogP contribution in [-0.4, -0.2) is 12.4 Å². The van der Waals surface area contributed by atoms with Crippen LogP contribution in [-0.2, 0) is 6.42 Å². The van der Waals surface area contributed by atoms with Crippen LogP contribution in [0.4, 0.5) is 0 Å². The Morgan fingerprint density at radius 2 is 1.93 bits per heavy atom. The van der Waals surface area contributed by atoms with Crippen LogP contribution in [0.2, 0.25) is 0 Å². The van der Waals surface area contributed by atoms with E-state index < -0.39 is 0 Å². The van der Waals surface area contributed by atoms with Gasteiger partial charge in [0.1, 0.15) is 5.75 Å². The van der Waals surface area contributed by atoms with E-state index in [1.165, 1.54) is 0 Å². The molecule has 3 N–H and O–H groups in total. The molecule has 1 rings (SSSR count). The van der Waals surface area contributed by atoms with Gasteiger partial charge in [0.25, 0.3) is 0 Å². The second kappa shape index (κ2) is 6.27. The van der Waals surface area contributed by atoms with Gasteiger partial charge in [0, 0.05) is 6.42 Å². The molecule has 0 saturated carbocycles. The average Bonchev–Trinajstić information content (AvgIpc) is 2.08. The van der Waals surface area contributed by atoms with Gasteiger partial charge in [0.15, 0.2) is 0 Å². The predicted molar refractivity (Wildman–Crippen MR) is 60.5 cm³/mol. The first-order chi connectivity index (χ1) is 6.22. The maximum atomic E-state index is 7.11. The number of amidine groups is 1. The molecule has 0 saturated heterocycles. The summed E-state index contributed by atoms with van der Waals surface area (Å²) in [5.74, 6) is 1.04. The first-order valence-electron chi connectivity index (χ1n) is 4.27. The van der Waals surface area contributed by atoms with Gasteiger partial charge in [0.05, 0.1) is 12.4 Å². The monoisotopic (exact) mass is 214 g/mol. The molecule has 0 atom stereocenters. The molecule has 1 aromatic rings. The fourth-order valence-electron chi connectivity index (χ4n) is 1.09. The molecule has 0 unspecified atom stereocenters. The van der Waals surface area contributed by atoms with Crippen molar-refractivity contribution in [3.05, 3.63) is 29.8 Å². The molecule has 3 nitrogen and oxygen atoms in total. The fourth-order valence-corrected chi connectivity index (χ4v) is 1.09. The molecule has 4 heteroatoms. The highest BCUT2D eigenvalue weighted by Crippen LogP contribution is 2.12. The van der Waals surface area contributed by atoms with Crippen LogP contribution >= 0.6 is 12.4 Å². The number of halogens is 1. The van der Waals surface area contributed by atoms with Crippen molar-refractivity contribution >= 4 is 18.2 Å². The zero-order chi connectivity index (χ0) is 9.68. The van der Waals surface area contributed by atoms with Crippen molar-refractivity contribution in [1.82, 2.24) is 0 Å². The molecule has 1 aromatic carbocycles. The fraction of sp³-hybridized carbons (Fsp3) is 0.300. The third-order valence-electron chi connectivity index (χ3n) is 1.63. The van der Waals surface area contributed by atoms with Crippen LogP contribution in [0.3, 0.4) is 0 Å². The minimum atomic E-state index is 0. The lowest BCUT2D eigenvalue weighted by atomic mass is 10.1. The molecule has 0 heterocycles. The number of rotatable bonds is 4. The maximum absolute atomic E-state index is 7.11. The summed E-state index contributed by atoms with van der Waals surface area (Å²) in [6.45, 7) is 2.62. The molecular weight excluding hydrogens is 200 g/mol. The molecule has 0 spiro atoms. The number of hydrogen-bond acceptors (Lipinski definition) is 2. The Morgan fingerprint density at radius 3 is 2.36 bits per heavy atom. The first kappa shape index (κ1) is 12.8. The maximum Gasteiger partial charge on any atom is 0.119 e. The van der Waals surface area contributed by atoms with E-state index >= 15 is 0 Å². The highest BCUT2D eigenvalue weighted by atomic mass is 35.5. The quantitative estimate of drug-likeness (QED) is 0.595. The van der Waals surface area contributed by atoms with Crippen molar-refractivity contribution in [3.63, 3.8) is 0 Å². The minimum Gasteiger partial charge on any atom is -0.494 e. The molecule has 0 aliphatic rings. The van der Waals surface area contributed by atoms with E-state index in [0.29, 0.717) is 13.0 Å². The van der Waals surface area contributed by atoms with Gasteiger partial charge in [-0.05, 0) is 24.6 Å². The zero-order valence-electron chi connectivity index (χ0n) is 8.12. The summed E-state index contributed by atoms with van der Waals surface area (Å²) >= 11 is 0. The summed E-state index contributed by atoms with van der Waals surface area (Å²) in [5, 5.41) is 7.11. The van der Waals surface area contributed by atoms with E-state index in [9.17, 15) is 0 Å². The second-order valence-corrected chi connectivity index (χ2v) is 2.78. The summed E-state index contributed by atoms with van der Waals surface area (Å²) in [6.07, 6.45) is 0.506. The largest absolute Gasteiger partial charge is 0.494 e. The molecule has 0 aliphatic carbocycles. The van der Waals surface area contributed by atoms with Gasteiger partial charge in [-0.3, -0.25) is 5.41 Å². The third-order valence-corrected chi connectivity index (χ3v) is 1.63. The lowest BCUT2D eigenvalue weighted by Gasteiger charge is -2.03. The van der Waals surface area contributed by atoms with Crippen LogP contribution < -0.4 is 10.5 Å². The van der Waals surface area contributed by atoms with E-state index in [1.807, 2.05) is 31.2 Å². The van der Waals surface area contributed by atoms with Gasteiger partial charge in [0.2, 0.25) is 0 Å². The number of nitrogens with one attached hydrogen (secondary N) is 1. The van der Waals surface area contributed by atoms with E-state index in [0.717, 1.165) is 11.3 Å². The molecule has 0 bridgehead atoms. The van der Waals surface area contributed by atoms with Crippen LogP contribution in [0.15, 0.2) is 24.3 Å². The molecule has 0 fully saturated rings. The molecule has 14 heavy (non-hydrogen) atoms. The van der Waals surface area contributed by atoms with Gasteiger partial charge >= 0.3 is 0 Å². The summed E-state index contributed by atoms with van der Waals surface area (Å²) in [6, 6.07) is 7.63. The van der Waals surface area contributed by atoms with Crippen LogP contribution in [0, 0.1) is 5.41 Å². The Kier molecular flexibility index (Phi) is 5.72. The summed E-state index contributed by atoms with van der Waals surface area (Å²) in [7, 11) is 0. The second-order valence-electron chi connectivity index (χ2n) is 2.78. The van der Waals surface area contributed by atoms with Crippen LogP contribution in [0.1, 0.15) is 12.5 Å². The number of benzene rings is 1. The molecule has 0 aromatic heterocycles. The van der Waals surface area contributed by atoms with Gasteiger partial charge < -0.3 is 10.5 Å². The SMILES string of the molecule is CCOc1ccc(CC(=N)N)cc1.Cl. The van der Waals surface area contributed by atoms with Crippen molar-refractivity contribution in [1.29, 1.82) is 5.41 Å². The Hall–Kier alpha value is -1.22. The average molecular weight is 215 g/mol. The Balaban J connectivity index is 0.00000169.